The lowest BCUT2D eigenvalue weighted by Gasteiger charge is -2.17. The zero-order valence-corrected chi connectivity index (χ0v) is 18.8. The summed E-state index contributed by atoms with van der Waals surface area (Å²) < 4.78 is 0. The van der Waals surface area contributed by atoms with Gasteiger partial charge in [0.05, 0.1) is 16.9 Å². The van der Waals surface area contributed by atoms with Crippen LogP contribution in [0.25, 0.3) is 10.2 Å². The van der Waals surface area contributed by atoms with E-state index in [1.165, 1.54) is 16.6 Å². The number of thioether (sulfide) groups is 1. The molecule has 0 aliphatic carbocycles. The standard InChI is InChI=1S/C20H31N3O2S2/c1-7-12(4)8-15-14(6)27-20-18(15)19(25)22-16(23-20)9-26-10-17(24)21-13(5)11(2)3/h11-13H,7-10H2,1-6H3,(H,21,24)(H,22,23,25)/t12-,13+/m0/s1. The van der Waals surface area contributed by atoms with E-state index in [4.69, 9.17) is 0 Å². The molecule has 1 amide bonds. The van der Waals surface area contributed by atoms with E-state index in [0.29, 0.717) is 29.2 Å². The summed E-state index contributed by atoms with van der Waals surface area (Å²) in [7, 11) is 0. The van der Waals surface area contributed by atoms with Crippen molar-refractivity contribution in [2.24, 2.45) is 11.8 Å². The molecular weight excluding hydrogens is 378 g/mol. The van der Waals surface area contributed by atoms with Crippen molar-refractivity contribution in [1.82, 2.24) is 15.3 Å². The summed E-state index contributed by atoms with van der Waals surface area (Å²) in [6, 6.07) is 0.158. The fourth-order valence-electron chi connectivity index (χ4n) is 2.73. The van der Waals surface area contributed by atoms with Crippen molar-refractivity contribution in [3.63, 3.8) is 0 Å². The molecule has 0 bridgehead atoms. The SMILES string of the molecule is CC[C@H](C)Cc1c(C)sc2nc(CSCC(=O)N[C@H](C)C(C)C)[nH]c(=O)c12. The van der Waals surface area contributed by atoms with Gasteiger partial charge in [-0.1, -0.05) is 34.1 Å². The number of thiophene rings is 1. The van der Waals surface area contributed by atoms with Crippen LogP contribution in [-0.2, 0) is 17.0 Å². The number of aromatic amines is 1. The summed E-state index contributed by atoms with van der Waals surface area (Å²) in [5.74, 6) is 2.49. The molecule has 2 rings (SSSR count). The van der Waals surface area contributed by atoms with Gasteiger partial charge >= 0.3 is 0 Å². The molecule has 2 atom stereocenters. The number of aryl methyl sites for hydroxylation is 1. The first-order chi connectivity index (χ1) is 12.7. The largest absolute Gasteiger partial charge is 0.353 e. The number of nitrogens with zero attached hydrogens (tertiary/aromatic N) is 1. The highest BCUT2D eigenvalue weighted by Crippen LogP contribution is 2.29. The van der Waals surface area contributed by atoms with Crippen LogP contribution in [0.15, 0.2) is 4.79 Å². The lowest BCUT2D eigenvalue weighted by atomic mass is 9.98. The Morgan fingerprint density at radius 2 is 2.00 bits per heavy atom. The number of nitrogens with one attached hydrogen (secondary N) is 2. The molecule has 0 radical (unpaired) electrons. The summed E-state index contributed by atoms with van der Waals surface area (Å²) in [6.07, 6.45) is 2.00. The molecule has 0 aliphatic heterocycles. The van der Waals surface area contributed by atoms with E-state index >= 15 is 0 Å². The number of amides is 1. The number of carbonyl (C=O) groups excluding carboxylic acids is 1. The molecule has 27 heavy (non-hydrogen) atoms. The average Bonchev–Trinajstić information content (AvgIpc) is 2.90. The predicted octanol–water partition coefficient (Wildman–Crippen LogP) is 4.28. The van der Waals surface area contributed by atoms with E-state index in [0.717, 1.165) is 28.6 Å². The fraction of sp³-hybridized carbons (Fsp3) is 0.650. The third-order valence-corrected chi connectivity index (χ3v) is 7.01. The average molecular weight is 410 g/mol. The van der Waals surface area contributed by atoms with Crippen LogP contribution >= 0.6 is 23.1 Å². The number of carbonyl (C=O) groups is 1. The molecule has 2 aromatic rings. The summed E-state index contributed by atoms with van der Waals surface area (Å²) in [6.45, 7) is 12.6. The monoisotopic (exact) mass is 409 g/mol. The van der Waals surface area contributed by atoms with Gasteiger partial charge in [0.15, 0.2) is 0 Å². The summed E-state index contributed by atoms with van der Waals surface area (Å²) in [5.41, 5.74) is 1.08. The fourth-order valence-corrected chi connectivity index (χ4v) is 4.50. The molecule has 0 fully saturated rings. The minimum Gasteiger partial charge on any atom is -0.353 e. The van der Waals surface area contributed by atoms with Crippen LogP contribution in [0.2, 0.25) is 0 Å². The molecule has 150 valence electrons. The van der Waals surface area contributed by atoms with Gasteiger partial charge in [-0.25, -0.2) is 4.98 Å². The van der Waals surface area contributed by atoms with Crippen molar-refractivity contribution in [2.75, 3.05) is 5.75 Å². The van der Waals surface area contributed by atoms with Crippen molar-refractivity contribution >= 4 is 39.2 Å². The van der Waals surface area contributed by atoms with Gasteiger partial charge in [0.2, 0.25) is 5.91 Å². The zero-order valence-electron chi connectivity index (χ0n) is 17.1. The van der Waals surface area contributed by atoms with Gasteiger partial charge in [-0.3, -0.25) is 9.59 Å². The smallest absolute Gasteiger partial charge is 0.259 e. The minimum atomic E-state index is -0.0591. The number of fused-ring (bicyclic) bond motifs is 1. The Bertz CT molecular complexity index is 842. The molecule has 5 nitrogen and oxygen atoms in total. The van der Waals surface area contributed by atoms with Gasteiger partial charge in [-0.05, 0) is 37.7 Å². The molecule has 0 unspecified atom stereocenters. The Labute approximate surface area is 169 Å². The van der Waals surface area contributed by atoms with E-state index in [-0.39, 0.29) is 17.5 Å². The van der Waals surface area contributed by atoms with Crippen LogP contribution < -0.4 is 10.9 Å². The van der Waals surface area contributed by atoms with Crippen molar-refractivity contribution in [2.45, 2.75) is 66.2 Å². The van der Waals surface area contributed by atoms with Gasteiger partial charge in [-0.15, -0.1) is 23.1 Å². The number of aromatic nitrogens is 2. The molecule has 7 heteroatoms. The van der Waals surface area contributed by atoms with Gasteiger partial charge in [0.25, 0.3) is 5.56 Å². The quantitative estimate of drug-likeness (QED) is 0.648. The topological polar surface area (TPSA) is 74.8 Å². The maximum Gasteiger partial charge on any atom is 0.259 e. The second kappa shape index (κ2) is 9.73. The van der Waals surface area contributed by atoms with Gasteiger partial charge in [0, 0.05) is 10.9 Å². The van der Waals surface area contributed by atoms with Crippen LogP contribution in [0.5, 0.6) is 0 Å². The Morgan fingerprint density at radius 1 is 1.30 bits per heavy atom. The van der Waals surface area contributed by atoms with Crippen LogP contribution in [0.4, 0.5) is 0 Å². The van der Waals surface area contributed by atoms with Crippen molar-refractivity contribution in [1.29, 1.82) is 0 Å². The summed E-state index contributed by atoms with van der Waals surface area (Å²) in [4.78, 5) is 34.2. The van der Waals surface area contributed by atoms with E-state index in [2.05, 4.69) is 49.9 Å². The molecular formula is C20H31N3O2S2. The Kier molecular flexibility index (Phi) is 7.91. The first-order valence-electron chi connectivity index (χ1n) is 9.61. The third kappa shape index (κ3) is 5.82. The van der Waals surface area contributed by atoms with E-state index < -0.39 is 0 Å². The van der Waals surface area contributed by atoms with Crippen molar-refractivity contribution in [3.8, 4) is 0 Å². The Morgan fingerprint density at radius 3 is 2.63 bits per heavy atom. The Hall–Kier alpha value is -1.34. The number of H-pyrrole nitrogens is 1. The molecule has 0 spiro atoms. The first-order valence-corrected chi connectivity index (χ1v) is 11.6. The molecule has 2 N–H and O–H groups in total. The van der Waals surface area contributed by atoms with Crippen LogP contribution in [0.1, 0.15) is 57.3 Å². The molecule has 0 aliphatic rings. The molecule has 0 saturated carbocycles. The van der Waals surface area contributed by atoms with Crippen LogP contribution in [0.3, 0.4) is 0 Å². The molecule has 0 saturated heterocycles. The Balaban J connectivity index is 2.06. The van der Waals surface area contributed by atoms with E-state index in [9.17, 15) is 9.59 Å². The molecule has 0 aromatic carbocycles. The van der Waals surface area contributed by atoms with Crippen molar-refractivity contribution in [3.05, 3.63) is 26.6 Å². The molecule has 2 aromatic heterocycles. The highest BCUT2D eigenvalue weighted by molar-refractivity contribution is 7.99. The predicted molar refractivity (Wildman–Crippen MR) is 117 cm³/mol. The van der Waals surface area contributed by atoms with Crippen molar-refractivity contribution < 1.29 is 4.79 Å². The van der Waals surface area contributed by atoms with E-state index in [1.54, 1.807) is 11.3 Å². The summed E-state index contributed by atoms with van der Waals surface area (Å²) >= 11 is 3.06. The maximum atomic E-state index is 12.6. The number of hydrogen-bond donors (Lipinski definition) is 2. The normalized spacial score (nSPS) is 13.9. The second-order valence-corrected chi connectivity index (χ2v) is 9.83. The van der Waals surface area contributed by atoms with Crippen LogP contribution in [0, 0.1) is 18.8 Å². The van der Waals surface area contributed by atoms with Gasteiger partial charge in [-0.2, -0.15) is 0 Å². The van der Waals surface area contributed by atoms with Gasteiger partial charge in [0.1, 0.15) is 10.7 Å². The summed E-state index contributed by atoms with van der Waals surface area (Å²) in [5, 5.41) is 3.74. The lowest BCUT2D eigenvalue weighted by molar-refractivity contribution is -0.119. The second-order valence-electron chi connectivity index (χ2n) is 7.64. The lowest BCUT2D eigenvalue weighted by Crippen LogP contribution is -2.37. The van der Waals surface area contributed by atoms with E-state index in [1.807, 2.05) is 6.92 Å². The third-order valence-electron chi connectivity index (χ3n) is 5.02. The maximum absolute atomic E-state index is 12.6. The van der Waals surface area contributed by atoms with Gasteiger partial charge < -0.3 is 10.3 Å². The van der Waals surface area contributed by atoms with Crippen LogP contribution in [-0.4, -0.2) is 27.7 Å². The molecule has 2 heterocycles. The minimum absolute atomic E-state index is 0.0208. The number of hydrogen-bond acceptors (Lipinski definition) is 5. The highest BCUT2D eigenvalue weighted by atomic mass is 32.2. The highest BCUT2D eigenvalue weighted by Gasteiger charge is 2.17. The first kappa shape index (κ1) is 22.0. The zero-order chi connectivity index (χ0) is 20.1. The number of rotatable bonds is 9.